The number of hydrogen-bond acceptors (Lipinski definition) is 8. The van der Waals surface area contributed by atoms with Crippen LogP contribution >= 0.6 is 0 Å². The lowest BCUT2D eigenvalue weighted by atomic mass is 10.0. The lowest BCUT2D eigenvalue weighted by molar-refractivity contribution is -0.125. The largest absolute Gasteiger partial charge is 0.508 e. The van der Waals surface area contributed by atoms with Crippen LogP contribution in [0.15, 0.2) is 24.3 Å². The summed E-state index contributed by atoms with van der Waals surface area (Å²) in [6, 6.07) is 5.37. The second-order valence-corrected chi connectivity index (χ2v) is 7.74. The maximum Gasteiger partial charge on any atom is 0.237 e. The minimum Gasteiger partial charge on any atom is -0.508 e. The first kappa shape index (κ1) is 28.7. The van der Waals surface area contributed by atoms with Crippen LogP contribution in [0.3, 0.4) is 0 Å². The second-order valence-electron chi connectivity index (χ2n) is 7.74. The summed E-state index contributed by atoms with van der Waals surface area (Å²) in [4.78, 5) is 33.0. The Labute approximate surface area is 185 Å². The van der Waals surface area contributed by atoms with Crippen LogP contribution in [0, 0.1) is 5.92 Å². The molecule has 0 saturated carbocycles. The van der Waals surface area contributed by atoms with Crippen molar-refractivity contribution in [3.05, 3.63) is 29.8 Å². The highest BCUT2D eigenvalue weighted by molar-refractivity contribution is 5.84. The van der Waals surface area contributed by atoms with E-state index in [0.717, 1.165) is 31.2 Å². The number of nitrogens with zero attached hydrogens (tertiary/aromatic N) is 1. The van der Waals surface area contributed by atoms with Crippen molar-refractivity contribution >= 4 is 18.5 Å². The quantitative estimate of drug-likeness (QED) is 0.456. The van der Waals surface area contributed by atoms with Gasteiger partial charge in [0.15, 0.2) is 0 Å². The lowest BCUT2D eigenvalue weighted by Gasteiger charge is -2.27. The Hall–Kier alpha value is -2.33. The number of aromatic hydroxyl groups is 1. The van der Waals surface area contributed by atoms with Gasteiger partial charge in [-0.3, -0.25) is 4.79 Å². The number of carbonyl (C=O) groups is 3. The first-order valence-corrected chi connectivity index (χ1v) is 10.3. The third-order valence-corrected chi connectivity index (χ3v) is 4.44. The van der Waals surface area contributed by atoms with Crippen LogP contribution < -0.4 is 16.5 Å². The van der Waals surface area contributed by atoms with Gasteiger partial charge in [0.05, 0.1) is 18.1 Å². The summed E-state index contributed by atoms with van der Waals surface area (Å²) in [6.07, 6.45) is 4.07. The van der Waals surface area contributed by atoms with E-state index in [1.54, 1.807) is 38.5 Å². The average Bonchev–Trinajstić information content (AvgIpc) is 2.73. The number of hydrogen-bond donors (Lipinski definition) is 4. The molecular formula is C22H38N4O5. The molecule has 31 heavy (non-hydrogen) atoms. The summed E-state index contributed by atoms with van der Waals surface area (Å²) in [5, 5.41) is 13.9. The van der Waals surface area contributed by atoms with Crippen molar-refractivity contribution in [1.29, 1.82) is 0 Å². The number of hydrazine groups is 1. The molecule has 1 aromatic carbocycles. The van der Waals surface area contributed by atoms with Gasteiger partial charge in [-0.25, -0.2) is 10.4 Å². The number of methoxy groups -OCH3 is 1. The zero-order valence-electron chi connectivity index (χ0n) is 19.2. The van der Waals surface area contributed by atoms with E-state index in [2.05, 4.69) is 15.5 Å². The van der Waals surface area contributed by atoms with Crippen LogP contribution in [-0.2, 0) is 25.5 Å². The van der Waals surface area contributed by atoms with E-state index >= 15 is 0 Å². The zero-order valence-corrected chi connectivity index (χ0v) is 19.2. The summed E-state index contributed by atoms with van der Waals surface area (Å²) in [5.41, 5.74) is 9.52. The summed E-state index contributed by atoms with van der Waals surface area (Å²) >= 11 is 0. The Kier molecular flexibility index (Phi) is 15.1. The van der Waals surface area contributed by atoms with E-state index in [1.165, 1.54) is 0 Å². The van der Waals surface area contributed by atoms with E-state index in [9.17, 15) is 19.5 Å². The van der Waals surface area contributed by atoms with E-state index in [1.807, 2.05) is 25.9 Å². The molecule has 3 unspecified atom stereocenters. The molecule has 2 rings (SSSR count). The summed E-state index contributed by atoms with van der Waals surface area (Å²) in [5.74, 6) is -0.201. The number of amides is 1. The fourth-order valence-electron chi connectivity index (χ4n) is 2.71. The molecule has 176 valence electrons. The number of carbonyl (C=O) groups excluding carboxylic acids is 3. The Morgan fingerprint density at radius 2 is 2.03 bits per heavy atom. The smallest absolute Gasteiger partial charge is 0.237 e. The number of benzene rings is 1. The highest BCUT2D eigenvalue weighted by atomic mass is 16.4. The van der Waals surface area contributed by atoms with Crippen molar-refractivity contribution in [2.45, 2.75) is 51.2 Å². The molecule has 1 fully saturated rings. The van der Waals surface area contributed by atoms with Crippen LogP contribution in [0.25, 0.3) is 0 Å². The molecule has 0 radical (unpaired) electrons. The number of ether oxygens (including phenoxy) is 1. The fourth-order valence-corrected chi connectivity index (χ4v) is 2.71. The van der Waals surface area contributed by atoms with Gasteiger partial charge in [0.2, 0.25) is 5.91 Å². The molecule has 3 atom stereocenters. The van der Waals surface area contributed by atoms with Crippen LogP contribution in [0.1, 0.15) is 32.3 Å². The number of aldehydes is 2. The number of phenolic OH excluding ortho intramolecular Hbond substituents is 1. The first-order valence-electron chi connectivity index (χ1n) is 10.3. The minimum atomic E-state index is -0.640. The highest BCUT2D eigenvalue weighted by Gasteiger charge is 2.20. The predicted molar refractivity (Wildman–Crippen MR) is 120 cm³/mol. The van der Waals surface area contributed by atoms with E-state index in [4.69, 9.17) is 5.73 Å². The third-order valence-electron chi connectivity index (χ3n) is 4.44. The van der Waals surface area contributed by atoms with Gasteiger partial charge in [0, 0.05) is 27.8 Å². The van der Waals surface area contributed by atoms with Crippen molar-refractivity contribution in [3.8, 4) is 5.75 Å². The molecule has 1 aliphatic rings. The van der Waals surface area contributed by atoms with Gasteiger partial charge in [0.1, 0.15) is 18.3 Å². The molecule has 0 aromatic heterocycles. The van der Waals surface area contributed by atoms with E-state index < -0.39 is 12.1 Å². The van der Waals surface area contributed by atoms with Crippen LogP contribution in [0.2, 0.25) is 0 Å². The van der Waals surface area contributed by atoms with Crippen molar-refractivity contribution in [1.82, 2.24) is 15.8 Å². The van der Waals surface area contributed by atoms with Gasteiger partial charge in [-0.1, -0.05) is 26.0 Å². The van der Waals surface area contributed by atoms with Gasteiger partial charge >= 0.3 is 0 Å². The summed E-state index contributed by atoms with van der Waals surface area (Å²) < 4.78 is 4.25. The van der Waals surface area contributed by atoms with Crippen LogP contribution in [0.5, 0.6) is 5.75 Å². The Bertz CT molecular complexity index is 657. The minimum absolute atomic E-state index is 0.00747. The Morgan fingerprint density at radius 3 is 2.48 bits per heavy atom. The summed E-state index contributed by atoms with van der Waals surface area (Å²) in [6.45, 7) is 4.73. The van der Waals surface area contributed by atoms with Gasteiger partial charge in [-0.2, -0.15) is 0 Å². The molecule has 0 bridgehead atoms. The van der Waals surface area contributed by atoms with Crippen molar-refractivity contribution in [2.24, 2.45) is 11.7 Å². The van der Waals surface area contributed by atoms with Crippen molar-refractivity contribution in [3.63, 3.8) is 0 Å². The monoisotopic (exact) mass is 438 g/mol. The number of nitrogens with one attached hydrogen (secondary N) is 2. The normalized spacial score (nSPS) is 17.8. The van der Waals surface area contributed by atoms with Gasteiger partial charge in [-0.15, -0.1) is 0 Å². The molecule has 1 saturated heterocycles. The van der Waals surface area contributed by atoms with Gasteiger partial charge < -0.3 is 30.5 Å². The van der Waals surface area contributed by atoms with E-state index in [-0.39, 0.29) is 23.6 Å². The molecular weight excluding hydrogens is 400 g/mol. The number of rotatable bonds is 7. The molecule has 0 spiro atoms. The second kappa shape index (κ2) is 16.4. The maximum atomic E-state index is 11.8. The first-order chi connectivity index (χ1) is 14.7. The molecule has 1 amide bonds. The van der Waals surface area contributed by atoms with Crippen LogP contribution in [-0.4, -0.2) is 74.5 Å². The average molecular weight is 439 g/mol. The number of nitrogens with two attached hydrogens (primary N) is 1. The molecule has 5 N–H and O–H groups in total. The standard InChI is InChI=1S/C14H20N2O3.C6H12N2O.C2H6O/c1-9(2)13(15)14(19)16-11(8-17)6-10-4-3-5-12(18)7-10;1-8-4-2-3-6(5-9)7-8;1-3-2/h3-5,7-9,11,13,18H,6,15H2,1-2H3,(H,16,19);5-7H,2-4H2,1H3;1-2H3. The summed E-state index contributed by atoms with van der Waals surface area (Å²) in [7, 11) is 5.20. The molecule has 0 aliphatic carbocycles. The molecule has 1 heterocycles. The van der Waals surface area contributed by atoms with Gasteiger partial charge in [0.25, 0.3) is 0 Å². The van der Waals surface area contributed by atoms with Crippen molar-refractivity contribution in [2.75, 3.05) is 27.8 Å². The molecule has 9 heteroatoms. The molecule has 9 nitrogen and oxygen atoms in total. The number of phenols is 1. The third kappa shape index (κ3) is 12.8. The topological polar surface area (TPSA) is 134 Å². The highest BCUT2D eigenvalue weighted by Crippen LogP contribution is 2.12. The van der Waals surface area contributed by atoms with Gasteiger partial charge in [-0.05, 0) is 42.9 Å². The SMILES string of the molecule is CC(C)C(N)C(=O)NC(C=O)Cc1cccc(O)c1.CN1CCCC(C=O)N1.COC. The Balaban J connectivity index is 0.000000619. The van der Waals surface area contributed by atoms with Crippen LogP contribution in [0.4, 0.5) is 0 Å². The van der Waals surface area contributed by atoms with Crippen molar-refractivity contribution < 1.29 is 24.2 Å². The zero-order chi connectivity index (χ0) is 23.8. The predicted octanol–water partition coefficient (Wildman–Crippen LogP) is 0.648. The lowest BCUT2D eigenvalue weighted by Crippen LogP contribution is -2.49. The maximum absolute atomic E-state index is 11.8. The fraction of sp³-hybridized carbons (Fsp3) is 0.591. The Morgan fingerprint density at radius 1 is 1.39 bits per heavy atom. The molecule has 1 aliphatic heterocycles. The molecule has 1 aromatic rings. The van der Waals surface area contributed by atoms with E-state index in [0.29, 0.717) is 12.7 Å².